The highest BCUT2D eigenvalue weighted by molar-refractivity contribution is 6.00. The molecule has 3 rings (SSSR count). The molecule has 0 aliphatic heterocycles. The summed E-state index contributed by atoms with van der Waals surface area (Å²) in [6.07, 6.45) is 0.999. The number of benzene rings is 3. The van der Waals surface area contributed by atoms with Crippen molar-refractivity contribution < 1.29 is 9.84 Å². The zero-order chi connectivity index (χ0) is 20.5. The van der Waals surface area contributed by atoms with Gasteiger partial charge in [0, 0.05) is 16.7 Å². The summed E-state index contributed by atoms with van der Waals surface area (Å²) < 4.78 is 5.23. The van der Waals surface area contributed by atoms with Gasteiger partial charge < -0.3 is 9.84 Å². The van der Waals surface area contributed by atoms with Gasteiger partial charge in [0.15, 0.2) is 0 Å². The molecule has 0 aliphatic carbocycles. The number of ether oxygens (including phenoxy) is 1. The SMILES string of the molecule is CCCC(O)/C(=C(\C#Cc1ccc(OC)cc1)c1ccccc1)c1ccccc1. The number of aliphatic hydroxyl groups is 1. The summed E-state index contributed by atoms with van der Waals surface area (Å²) in [6, 6.07) is 27.8. The molecular weight excluding hydrogens is 356 g/mol. The minimum absolute atomic E-state index is 0.581. The smallest absolute Gasteiger partial charge is 0.118 e. The summed E-state index contributed by atoms with van der Waals surface area (Å²) in [4.78, 5) is 0. The Bertz CT molecular complexity index is 991. The molecule has 0 saturated carbocycles. The summed E-state index contributed by atoms with van der Waals surface area (Å²) in [6.45, 7) is 2.08. The first-order chi connectivity index (χ1) is 14.2. The lowest BCUT2D eigenvalue weighted by molar-refractivity contribution is 0.221. The van der Waals surface area contributed by atoms with Gasteiger partial charge in [-0.2, -0.15) is 0 Å². The molecule has 3 aromatic carbocycles. The second-order valence-electron chi connectivity index (χ2n) is 6.80. The Balaban J connectivity index is 2.18. The van der Waals surface area contributed by atoms with Gasteiger partial charge in [0.25, 0.3) is 0 Å². The molecule has 0 radical (unpaired) electrons. The second kappa shape index (κ2) is 10.3. The van der Waals surface area contributed by atoms with Gasteiger partial charge in [0.05, 0.1) is 13.2 Å². The summed E-state index contributed by atoms with van der Waals surface area (Å²) in [7, 11) is 1.65. The predicted molar refractivity (Wildman–Crippen MR) is 120 cm³/mol. The third-order valence-electron chi connectivity index (χ3n) is 4.73. The monoisotopic (exact) mass is 382 g/mol. The average Bonchev–Trinajstić information content (AvgIpc) is 2.78. The van der Waals surface area contributed by atoms with Gasteiger partial charge in [-0.3, -0.25) is 0 Å². The molecule has 3 aromatic rings. The predicted octanol–water partition coefficient (Wildman–Crippen LogP) is 5.82. The van der Waals surface area contributed by atoms with E-state index >= 15 is 0 Å². The molecule has 0 amide bonds. The van der Waals surface area contributed by atoms with Crippen LogP contribution in [0.1, 0.15) is 36.5 Å². The molecule has 0 aromatic heterocycles. The van der Waals surface area contributed by atoms with E-state index in [1.165, 1.54) is 0 Å². The number of rotatable bonds is 6. The molecule has 2 nitrogen and oxygen atoms in total. The van der Waals surface area contributed by atoms with E-state index in [1.807, 2.05) is 84.9 Å². The Kier molecular flexibility index (Phi) is 7.28. The number of aliphatic hydroxyl groups excluding tert-OH is 1. The Labute approximate surface area is 173 Å². The third kappa shape index (κ3) is 5.38. The standard InChI is InChI=1S/C27H26O2/c1-3-10-26(28)27(23-13-8-5-9-14-23)25(22-11-6-4-7-12-22)20-17-21-15-18-24(29-2)19-16-21/h4-9,11-16,18-19,26,28H,3,10H2,1-2H3/b27-25+. The zero-order valence-electron chi connectivity index (χ0n) is 16.9. The van der Waals surface area contributed by atoms with Crippen molar-refractivity contribution in [1.82, 2.24) is 0 Å². The fraction of sp³-hybridized carbons (Fsp3) is 0.185. The zero-order valence-corrected chi connectivity index (χ0v) is 16.9. The first-order valence-corrected chi connectivity index (χ1v) is 9.92. The Morgan fingerprint density at radius 1 is 0.862 bits per heavy atom. The molecule has 0 bridgehead atoms. The van der Waals surface area contributed by atoms with Crippen molar-refractivity contribution in [3.63, 3.8) is 0 Å². The van der Waals surface area contributed by atoms with Crippen molar-refractivity contribution in [2.45, 2.75) is 25.9 Å². The van der Waals surface area contributed by atoms with Crippen LogP contribution in [0.5, 0.6) is 5.75 Å². The van der Waals surface area contributed by atoms with Crippen LogP contribution < -0.4 is 4.74 Å². The van der Waals surface area contributed by atoms with Gasteiger partial charge in [0.2, 0.25) is 0 Å². The van der Waals surface area contributed by atoms with Crippen LogP contribution in [0.3, 0.4) is 0 Å². The van der Waals surface area contributed by atoms with Crippen LogP contribution in [-0.2, 0) is 0 Å². The van der Waals surface area contributed by atoms with Crippen LogP contribution in [0.25, 0.3) is 11.1 Å². The highest BCUT2D eigenvalue weighted by Gasteiger charge is 2.18. The molecule has 29 heavy (non-hydrogen) atoms. The van der Waals surface area contributed by atoms with Crippen molar-refractivity contribution in [3.05, 3.63) is 102 Å². The summed E-state index contributed by atoms with van der Waals surface area (Å²) >= 11 is 0. The van der Waals surface area contributed by atoms with Gasteiger partial charge in [-0.15, -0.1) is 0 Å². The topological polar surface area (TPSA) is 29.5 Å². The van der Waals surface area contributed by atoms with Crippen molar-refractivity contribution in [2.24, 2.45) is 0 Å². The fourth-order valence-electron chi connectivity index (χ4n) is 3.25. The van der Waals surface area contributed by atoms with Crippen molar-refractivity contribution in [1.29, 1.82) is 0 Å². The van der Waals surface area contributed by atoms with Crippen molar-refractivity contribution in [3.8, 4) is 17.6 Å². The molecule has 1 atom stereocenters. The van der Waals surface area contributed by atoms with Gasteiger partial charge in [-0.05, 0) is 41.8 Å². The quantitative estimate of drug-likeness (QED) is 0.430. The average molecular weight is 383 g/mol. The molecule has 0 spiro atoms. The molecule has 0 saturated heterocycles. The Morgan fingerprint density at radius 3 is 2.00 bits per heavy atom. The van der Waals surface area contributed by atoms with Crippen LogP contribution in [0, 0.1) is 11.8 Å². The van der Waals surface area contributed by atoms with Gasteiger partial charge >= 0.3 is 0 Å². The summed E-state index contributed by atoms with van der Waals surface area (Å²) in [5.41, 5.74) is 4.63. The Morgan fingerprint density at radius 2 is 1.45 bits per heavy atom. The van der Waals surface area contributed by atoms with E-state index in [-0.39, 0.29) is 0 Å². The fourth-order valence-corrected chi connectivity index (χ4v) is 3.25. The molecule has 0 fully saturated rings. The van der Waals surface area contributed by atoms with Crippen LogP contribution >= 0.6 is 0 Å². The molecular formula is C27H26O2. The largest absolute Gasteiger partial charge is 0.497 e. The van der Waals surface area contributed by atoms with E-state index in [9.17, 15) is 5.11 Å². The van der Waals surface area contributed by atoms with E-state index in [1.54, 1.807) is 7.11 Å². The lowest BCUT2D eigenvalue weighted by Gasteiger charge is -2.18. The third-order valence-corrected chi connectivity index (χ3v) is 4.73. The van der Waals surface area contributed by atoms with E-state index < -0.39 is 6.10 Å². The van der Waals surface area contributed by atoms with E-state index in [4.69, 9.17) is 4.74 Å². The van der Waals surface area contributed by atoms with Crippen LogP contribution in [0.4, 0.5) is 0 Å². The van der Waals surface area contributed by atoms with E-state index in [0.717, 1.165) is 40.0 Å². The molecule has 1 N–H and O–H groups in total. The first-order valence-electron chi connectivity index (χ1n) is 9.92. The molecule has 2 heteroatoms. The number of hydrogen-bond donors (Lipinski definition) is 1. The molecule has 146 valence electrons. The molecule has 0 aliphatic rings. The van der Waals surface area contributed by atoms with Crippen molar-refractivity contribution in [2.75, 3.05) is 7.11 Å². The minimum Gasteiger partial charge on any atom is -0.497 e. The number of hydrogen-bond acceptors (Lipinski definition) is 2. The second-order valence-corrected chi connectivity index (χ2v) is 6.80. The number of methoxy groups -OCH3 is 1. The highest BCUT2D eigenvalue weighted by atomic mass is 16.5. The lowest BCUT2D eigenvalue weighted by Crippen LogP contribution is -2.11. The van der Waals surface area contributed by atoms with E-state index in [0.29, 0.717) is 6.42 Å². The maximum absolute atomic E-state index is 11.0. The van der Waals surface area contributed by atoms with Gasteiger partial charge in [-0.1, -0.05) is 85.8 Å². The van der Waals surface area contributed by atoms with Gasteiger partial charge in [0.1, 0.15) is 5.75 Å². The van der Waals surface area contributed by atoms with Crippen LogP contribution in [0.2, 0.25) is 0 Å². The maximum atomic E-state index is 11.0. The maximum Gasteiger partial charge on any atom is 0.118 e. The van der Waals surface area contributed by atoms with E-state index in [2.05, 4.69) is 18.8 Å². The normalized spacial score (nSPS) is 12.4. The van der Waals surface area contributed by atoms with Crippen molar-refractivity contribution >= 4 is 11.1 Å². The number of allylic oxidation sites excluding steroid dienone is 1. The molecule has 0 heterocycles. The Hall–Kier alpha value is -3.28. The summed E-state index contributed by atoms with van der Waals surface area (Å²) in [5, 5.41) is 11.0. The minimum atomic E-state index is -0.581. The molecule has 1 unspecified atom stereocenters. The van der Waals surface area contributed by atoms with Crippen LogP contribution in [-0.4, -0.2) is 18.3 Å². The van der Waals surface area contributed by atoms with Crippen LogP contribution in [0.15, 0.2) is 84.9 Å². The lowest BCUT2D eigenvalue weighted by atomic mass is 9.89. The highest BCUT2D eigenvalue weighted by Crippen LogP contribution is 2.31. The first kappa shape index (κ1) is 20.5. The van der Waals surface area contributed by atoms with Gasteiger partial charge in [-0.25, -0.2) is 0 Å². The summed E-state index contributed by atoms with van der Waals surface area (Å²) in [5.74, 6) is 7.43.